The van der Waals surface area contributed by atoms with Gasteiger partial charge in [0, 0.05) is 59.9 Å². The molecule has 334 valence electrons. The predicted molar refractivity (Wildman–Crippen MR) is 294 cm³/mol. The molecule has 0 aliphatic rings. The summed E-state index contributed by atoms with van der Waals surface area (Å²) in [6.45, 7) is 0. The lowest BCUT2D eigenvalue weighted by Gasteiger charge is -2.16. The molecule has 0 amide bonds. The van der Waals surface area contributed by atoms with Crippen molar-refractivity contribution in [3.8, 4) is 45.5 Å². The molecule has 0 radical (unpaired) electrons. The van der Waals surface area contributed by atoms with E-state index in [9.17, 15) is 0 Å². The van der Waals surface area contributed by atoms with Gasteiger partial charge in [-0.1, -0.05) is 152 Å². The molecule has 0 atom stereocenters. The molecule has 0 aliphatic carbocycles. The highest BCUT2D eigenvalue weighted by atomic mass is 16.3. The van der Waals surface area contributed by atoms with Crippen molar-refractivity contribution in [2.75, 3.05) is 0 Å². The summed E-state index contributed by atoms with van der Waals surface area (Å²) < 4.78 is 18.4. The molecule has 7 heteroatoms. The van der Waals surface area contributed by atoms with E-state index in [1.807, 2.05) is 24.3 Å². The Hall–Kier alpha value is -9.85. The minimum absolute atomic E-state index is 0.485. The number of nitrogens with zero attached hydrogens (tertiary/aromatic N) is 5. The first-order valence-electron chi connectivity index (χ1n) is 24.3. The van der Waals surface area contributed by atoms with Crippen LogP contribution < -0.4 is 0 Å². The summed E-state index contributed by atoms with van der Waals surface area (Å²) in [7, 11) is 0. The topological polar surface area (TPSA) is 74.8 Å². The van der Waals surface area contributed by atoms with Crippen LogP contribution in [0.2, 0.25) is 0 Å². The van der Waals surface area contributed by atoms with Crippen LogP contribution in [0.15, 0.2) is 233 Å². The van der Waals surface area contributed by atoms with Gasteiger partial charge in [-0.2, -0.15) is 0 Å². The zero-order chi connectivity index (χ0) is 47.0. The van der Waals surface area contributed by atoms with E-state index in [0.717, 1.165) is 126 Å². The molecule has 16 aromatic rings. The normalized spacial score (nSPS) is 12.2. The summed E-state index contributed by atoms with van der Waals surface area (Å²) in [4.78, 5) is 16.9. The number of hydrogen-bond donors (Lipinski definition) is 0. The molecule has 16 rings (SSSR count). The zero-order valence-corrected chi connectivity index (χ0v) is 38.4. The van der Waals surface area contributed by atoms with Gasteiger partial charge in [0.05, 0.1) is 33.3 Å². The largest absolute Gasteiger partial charge is 0.456 e. The molecule has 0 aliphatic heterocycles. The average Bonchev–Trinajstić information content (AvgIpc) is 4.20. The molecule has 0 fully saturated rings. The monoisotopic (exact) mass is 919 g/mol. The van der Waals surface area contributed by atoms with Crippen LogP contribution in [0.5, 0.6) is 0 Å². The highest BCUT2D eigenvalue weighted by Crippen LogP contribution is 2.46. The van der Waals surface area contributed by atoms with Crippen LogP contribution in [0.3, 0.4) is 0 Å². The van der Waals surface area contributed by atoms with Gasteiger partial charge in [0.15, 0.2) is 17.5 Å². The highest BCUT2D eigenvalue weighted by molar-refractivity contribution is 6.22. The predicted octanol–water partition coefficient (Wildman–Crippen LogP) is 17.2. The number of para-hydroxylation sites is 4. The Kier molecular flexibility index (Phi) is 8.04. The molecular weight excluding hydrogens is 883 g/mol. The molecule has 0 bridgehead atoms. The van der Waals surface area contributed by atoms with E-state index in [1.54, 1.807) is 0 Å². The Balaban J connectivity index is 1.08. The highest BCUT2D eigenvalue weighted by Gasteiger charge is 2.27. The fourth-order valence-corrected chi connectivity index (χ4v) is 11.7. The van der Waals surface area contributed by atoms with Gasteiger partial charge in [0.1, 0.15) is 22.3 Å². The van der Waals surface area contributed by atoms with E-state index in [1.165, 1.54) is 5.39 Å². The van der Waals surface area contributed by atoms with Crippen molar-refractivity contribution in [3.63, 3.8) is 0 Å². The fraction of sp³-hybridized carbons (Fsp3) is 0. The third-order valence-electron chi connectivity index (χ3n) is 14.7. The summed E-state index contributed by atoms with van der Waals surface area (Å²) in [5, 5.41) is 13.0. The Morgan fingerprint density at radius 1 is 0.306 bits per heavy atom. The van der Waals surface area contributed by atoms with Crippen LogP contribution in [0.1, 0.15) is 0 Å². The molecule has 72 heavy (non-hydrogen) atoms. The fourth-order valence-electron chi connectivity index (χ4n) is 11.7. The van der Waals surface area contributed by atoms with Gasteiger partial charge in [-0.05, 0) is 94.3 Å². The van der Waals surface area contributed by atoms with Crippen LogP contribution in [-0.2, 0) is 0 Å². The smallest absolute Gasteiger partial charge is 0.170 e. The standard InChI is InChI=1S/C65H37N5O2/c1-2-19-41(20-3-1)69-51-28-12-9-23-44(51)58-47(25-14-29-52(58)69)63-66-64(48-26-15-31-56-60(48)45-24-10-13-30-55(45)71-56)68-65(67-63)61-53(34-33-46-59-42-21-7-6-16-38(42)32-35-57(59)72-62(46)61)70-50-27-11-8-22-43(50)49-36-39-17-4-5-18-40(39)37-54(49)70/h1-37H. The molecule has 0 saturated heterocycles. The number of fused-ring (bicyclic) bond motifs is 15. The summed E-state index contributed by atoms with van der Waals surface area (Å²) in [5.74, 6) is 1.55. The number of rotatable bonds is 5. The first kappa shape index (κ1) is 39.0. The average molecular weight is 920 g/mol. The molecule has 0 N–H and O–H groups in total. The lowest BCUT2D eigenvalue weighted by Crippen LogP contribution is -2.04. The number of furan rings is 2. The summed E-state index contributed by atoms with van der Waals surface area (Å²) in [6.07, 6.45) is 0. The summed E-state index contributed by atoms with van der Waals surface area (Å²) in [5.41, 5.74) is 11.8. The lowest BCUT2D eigenvalue weighted by atomic mass is 10.0. The van der Waals surface area contributed by atoms with E-state index in [4.69, 9.17) is 23.8 Å². The van der Waals surface area contributed by atoms with Gasteiger partial charge in [0.25, 0.3) is 0 Å². The molecule has 0 unspecified atom stereocenters. The number of hydrogen-bond acceptors (Lipinski definition) is 5. The minimum Gasteiger partial charge on any atom is -0.456 e. The van der Waals surface area contributed by atoms with Gasteiger partial charge < -0.3 is 18.0 Å². The number of benzene rings is 11. The van der Waals surface area contributed by atoms with E-state index >= 15 is 0 Å². The van der Waals surface area contributed by atoms with Crippen molar-refractivity contribution in [1.29, 1.82) is 0 Å². The van der Waals surface area contributed by atoms with E-state index < -0.39 is 0 Å². The lowest BCUT2D eigenvalue weighted by molar-refractivity contribution is 0.668. The van der Waals surface area contributed by atoms with Crippen LogP contribution >= 0.6 is 0 Å². The maximum Gasteiger partial charge on any atom is 0.170 e. The second kappa shape index (κ2) is 14.8. The third kappa shape index (κ3) is 5.53. The van der Waals surface area contributed by atoms with E-state index in [0.29, 0.717) is 23.1 Å². The second-order valence-corrected chi connectivity index (χ2v) is 18.6. The maximum absolute atomic E-state index is 7.23. The molecule has 5 heterocycles. The number of aromatic nitrogens is 5. The minimum atomic E-state index is 0.485. The first-order valence-corrected chi connectivity index (χ1v) is 24.3. The molecule has 5 aromatic heterocycles. The van der Waals surface area contributed by atoms with E-state index in [2.05, 4.69) is 209 Å². The molecule has 7 nitrogen and oxygen atoms in total. The van der Waals surface area contributed by atoms with E-state index in [-0.39, 0.29) is 0 Å². The third-order valence-corrected chi connectivity index (χ3v) is 14.7. The van der Waals surface area contributed by atoms with Crippen molar-refractivity contribution in [1.82, 2.24) is 24.1 Å². The van der Waals surface area contributed by atoms with Gasteiger partial charge in [-0.25, -0.2) is 15.0 Å². The summed E-state index contributed by atoms with van der Waals surface area (Å²) >= 11 is 0. The second-order valence-electron chi connectivity index (χ2n) is 18.6. The Bertz CT molecular complexity index is 4940. The van der Waals surface area contributed by atoms with Crippen LogP contribution in [-0.4, -0.2) is 24.1 Å². The van der Waals surface area contributed by atoms with Crippen molar-refractivity contribution in [2.45, 2.75) is 0 Å². The van der Waals surface area contributed by atoms with Crippen molar-refractivity contribution < 1.29 is 8.83 Å². The Morgan fingerprint density at radius 3 is 1.72 bits per heavy atom. The van der Waals surface area contributed by atoms with Gasteiger partial charge >= 0.3 is 0 Å². The zero-order valence-electron chi connectivity index (χ0n) is 38.4. The van der Waals surface area contributed by atoms with Crippen molar-refractivity contribution in [3.05, 3.63) is 224 Å². The quantitative estimate of drug-likeness (QED) is 0.172. The van der Waals surface area contributed by atoms with Gasteiger partial charge in [-0.15, -0.1) is 0 Å². The molecule has 0 spiro atoms. The Labute approximate surface area is 410 Å². The van der Waals surface area contributed by atoms with Crippen molar-refractivity contribution in [2.24, 2.45) is 0 Å². The van der Waals surface area contributed by atoms with Crippen LogP contribution in [0, 0.1) is 0 Å². The summed E-state index contributed by atoms with van der Waals surface area (Å²) in [6, 6.07) is 79.0. The van der Waals surface area contributed by atoms with Gasteiger partial charge in [0.2, 0.25) is 0 Å². The SMILES string of the molecule is c1ccc(-n2c3ccccc3c3c(-c4nc(-c5c(-n6c7ccccc7c7cc8ccccc8cc76)ccc6c5oc5ccc7ccccc7c56)nc(-c5cccc6oc7ccccc7c56)n4)cccc32)cc1. The van der Waals surface area contributed by atoms with Crippen LogP contribution in [0.4, 0.5) is 0 Å². The Morgan fingerprint density at radius 2 is 0.903 bits per heavy atom. The maximum atomic E-state index is 7.23. The first-order chi connectivity index (χ1) is 35.7. The molecular formula is C65H37N5O2. The van der Waals surface area contributed by atoms with Crippen molar-refractivity contribution >= 4 is 109 Å². The van der Waals surface area contributed by atoms with Gasteiger partial charge in [-0.3, -0.25) is 0 Å². The molecule has 11 aromatic carbocycles. The van der Waals surface area contributed by atoms with Crippen LogP contribution in [0.25, 0.3) is 155 Å². The molecule has 0 saturated carbocycles.